The number of aromatic nitrogens is 3. The molecule has 0 aliphatic carbocycles. The Bertz CT molecular complexity index is 677. The Morgan fingerprint density at radius 3 is 3.00 bits per heavy atom. The van der Waals surface area contributed by atoms with E-state index < -0.39 is 11.8 Å². The Morgan fingerprint density at radius 2 is 2.35 bits per heavy atom. The third-order valence-corrected chi connectivity index (χ3v) is 2.43. The van der Waals surface area contributed by atoms with Crippen molar-refractivity contribution in [3.8, 4) is 6.07 Å². The van der Waals surface area contributed by atoms with Crippen LogP contribution in [0.15, 0.2) is 24.5 Å². The zero-order valence-corrected chi connectivity index (χ0v) is 10.3. The van der Waals surface area contributed by atoms with Crippen LogP contribution in [0, 0.1) is 17.1 Å². The Hall–Kier alpha value is -2.95. The van der Waals surface area contributed by atoms with Crippen LogP contribution in [0.4, 0.5) is 10.3 Å². The lowest BCUT2D eigenvalue weighted by Crippen LogP contribution is -2.14. The summed E-state index contributed by atoms with van der Waals surface area (Å²) in [5.41, 5.74) is 5.34. The highest BCUT2D eigenvalue weighted by Crippen LogP contribution is 2.13. The molecule has 0 aliphatic rings. The third-order valence-electron chi connectivity index (χ3n) is 2.43. The van der Waals surface area contributed by atoms with E-state index in [0.29, 0.717) is 0 Å². The standard InChI is InChI=1S/C12H10FN5O2/c13-11-8(4-14)2-1-3-9(11)6-20-10(19)5-18-7-16-12(15)17-18/h1-3,7H,5-6H2,(H2,15,17). The molecule has 0 saturated carbocycles. The van der Waals surface area contributed by atoms with Crippen LogP contribution in [0.5, 0.6) is 0 Å². The molecule has 2 rings (SSSR count). The van der Waals surface area contributed by atoms with Gasteiger partial charge >= 0.3 is 5.97 Å². The number of rotatable bonds is 4. The van der Waals surface area contributed by atoms with E-state index in [2.05, 4.69) is 10.1 Å². The number of esters is 1. The number of hydrogen-bond donors (Lipinski definition) is 1. The molecule has 0 spiro atoms. The van der Waals surface area contributed by atoms with Crippen LogP contribution in [-0.4, -0.2) is 20.7 Å². The zero-order chi connectivity index (χ0) is 14.5. The number of anilines is 1. The predicted molar refractivity (Wildman–Crippen MR) is 65.3 cm³/mol. The van der Waals surface area contributed by atoms with Crippen molar-refractivity contribution in [2.45, 2.75) is 13.2 Å². The maximum absolute atomic E-state index is 13.7. The number of benzene rings is 1. The number of nitrogens with zero attached hydrogens (tertiary/aromatic N) is 4. The summed E-state index contributed by atoms with van der Waals surface area (Å²) in [4.78, 5) is 15.2. The van der Waals surface area contributed by atoms with E-state index in [4.69, 9.17) is 15.7 Å². The highest BCUT2D eigenvalue weighted by Gasteiger charge is 2.11. The summed E-state index contributed by atoms with van der Waals surface area (Å²) in [6.45, 7) is -0.436. The van der Waals surface area contributed by atoms with E-state index >= 15 is 0 Å². The summed E-state index contributed by atoms with van der Waals surface area (Å²) in [5.74, 6) is -1.25. The number of carbonyl (C=O) groups is 1. The lowest BCUT2D eigenvalue weighted by molar-refractivity contribution is -0.145. The fraction of sp³-hybridized carbons (Fsp3) is 0.167. The van der Waals surface area contributed by atoms with Gasteiger partial charge in [-0.25, -0.2) is 14.1 Å². The maximum atomic E-state index is 13.7. The topological polar surface area (TPSA) is 107 Å². The summed E-state index contributed by atoms with van der Waals surface area (Å²) in [5, 5.41) is 12.4. The fourth-order valence-electron chi connectivity index (χ4n) is 1.50. The van der Waals surface area contributed by atoms with Crippen LogP contribution >= 0.6 is 0 Å². The molecule has 0 amide bonds. The normalized spacial score (nSPS) is 10.0. The van der Waals surface area contributed by atoms with Crippen molar-refractivity contribution >= 4 is 11.9 Å². The highest BCUT2D eigenvalue weighted by atomic mass is 19.1. The van der Waals surface area contributed by atoms with Crippen LogP contribution < -0.4 is 5.73 Å². The van der Waals surface area contributed by atoms with Crippen molar-refractivity contribution < 1.29 is 13.9 Å². The smallest absolute Gasteiger partial charge is 0.328 e. The van der Waals surface area contributed by atoms with Crippen LogP contribution in [0.3, 0.4) is 0 Å². The highest BCUT2D eigenvalue weighted by molar-refractivity contribution is 5.69. The summed E-state index contributed by atoms with van der Waals surface area (Å²) in [6.07, 6.45) is 1.29. The molecule has 1 heterocycles. The van der Waals surface area contributed by atoms with Gasteiger partial charge in [-0.15, -0.1) is 5.10 Å². The van der Waals surface area contributed by atoms with Gasteiger partial charge in [-0.05, 0) is 6.07 Å². The Kier molecular flexibility index (Phi) is 3.91. The largest absolute Gasteiger partial charge is 0.459 e. The molecule has 0 saturated heterocycles. The van der Waals surface area contributed by atoms with E-state index in [-0.39, 0.29) is 30.2 Å². The van der Waals surface area contributed by atoms with Crippen molar-refractivity contribution in [2.75, 3.05) is 5.73 Å². The molecule has 0 aliphatic heterocycles. The van der Waals surface area contributed by atoms with Gasteiger partial charge in [0.1, 0.15) is 31.4 Å². The van der Waals surface area contributed by atoms with Crippen molar-refractivity contribution in [3.63, 3.8) is 0 Å². The monoisotopic (exact) mass is 275 g/mol. The van der Waals surface area contributed by atoms with E-state index in [1.165, 1.54) is 29.2 Å². The van der Waals surface area contributed by atoms with Crippen LogP contribution in [-0.2, 0) is 22.7 Å². The van der Waals surface area contributed by atoms with Crippen molar-refractivity contribution in [1.29, 1.82) is 5.26 Å². The summed E-state index contributed by atoms with van der Waals surface area (Å²) in [6, 6.07) is 6.02. The zero-order valence-electron chi connectivity index (χ0n) is 10.3. The number of hydrogen-bond acceptors (Lipinski definition) is 6. The number of nitrogen functional groups attached to an aromatic ring is 1. The second-order valence-corrected chi connectivity index (χ2v) is 3.85. The Morgan fingerprint density at radius 1 is 1.55 bits per heavy atom. The molecule has 8 heteroatoms. The third kappa shape index (κ3) is 3.08. The molecule has 0 bridgehead atoms. The lowest BCUT2D eigenvalue weighted by Gasteiger charge is -2.06. The first kappa shape index (κ1) is 13.5. The van der Waals surface area contributed by atoms with E-state index in [9.17, 15) is 9.18 Å². The Balaban J connectivity index is 1.95. The second-order valence-electron chi connectivity index (χ2n) is 3.85. The minimum absolute atomic E-state index is 0.0468. The minimum atomic E-state index is -0.687. The van der Waals surface area contributed by atoms with Gasteiger partial charge in [-0.2, -0.15) is 5.26 Å². The maximum Gasteiger partial charge on any atom is 0.328 e. The van der Waals surface area contributed by atoms with Gasteiger partial charge in [0.05, 0.1) is 5.56 Å². The fourth-order valence-corrected chi connectivity index (χ4v) is 1.50. The first-order chi connectivity index (χ1) is 9.60. The molecule has 0 atom stereocenters. The summed E-state index contributed by atoms with van der Waals surface area (Å²) in [7, 11) is 0. The van der Waals surface area contributed by atoms with Crippen LogP contribution in [0.2, 0.25) is 0 Å². The van der Waals surface area contributed by atoms with Crippen molar-refractivity contribution in [3.05, 3.63) is 41.5 Å². The molecular formula is C12H10FN5O2. The number of nitriles is 1. The summed E-state index contributed by atoms with van der Waals surface area (Å²) < 4.78 is 19.8. The molecule has 0 unspecified atom stereocenters. The van der Waals surface area contributed by atoms with Crippen LogP contribution in [0.25, 0.3) is 0 Å². The van der Waals surface area contributed by atoms with Gasteiger partial charge < -0.3 is 10.5 Å². The molecule has 1 aromatic heterocycles. The minimum Gasteiger partial charge on any atom is -0.459 e. The Labute approximate surface area is 113 Å². The molecule has 0 fully saturated rings. The van der Waals surface area contributed by atoms with E-state index in [1.807, 2.05) is 0 Å². The molecule has 102 valence electrons. The lowest BCUT2D eigenvalue weighted by atomic mass is 10.1. The summed E-state index contributed by atoms with van der Waals surface area (Å²) >= 11 is 0. The van der Waals surface area contributed by atoms with Crippen molar-refractivity contribution in [1.82, 2.24) is 14.8 Å². The first-order valence-corrected chi connectivity index (χ1v) is 5.58. The number of ether oxygens (including phenoxy) is 1. The number of halogens is 1. The van der Waals surface area contributed by atoms with Gasteiger partial charge in [0, 0.05) is 5.56 Å². The van der Waals surface area contributed by atoms with Gasteiger partial charge in [0.2, 0.25) is 5.95 Å². The van der Waals surface area contributed by atoms with E-state index in [0.717, 1.165) is 0 Å². The van der Waals surface area contributed by atoms with Gasteiger partial charge in [-0.1, -0.05) is 12.1 Å². The SMILES string of the molecule is N#Cc1cccc(COC(=O)Cn2cnc(N)n2)c1F. The number of carbonyl (C=O) groups excluding carboxylic acids is 1. The molecule has 20 heavy (non-hydrogen) atoms. The molecule has 2 aromatic rings. The van der Waals surface area contributed by atoms with Crippen LogP contribution in [0.1, 0.15) is 11.1 Å². The van der Waals surface area contributed by atoms with Crippen molar-refractivity contribution in [2.24, 2.45) is 0 Å². The number of nitrogens with two attached hydrogens (primary N) is 1. The van der Waals surface area contributed by atoms with E-state index in [1.54, 1.807) is 6.07 Å². The average Bonchev–Trinajstić information content (AvgIpc) is 2.83. The average molecular weight is 275 g/mol. The van der Waals surface area contributed by atoms with Gasteiger partial charge in [0.15, 0.2) is 0 Å². The quantitative estimate of drug-likeness (QED) is 0.819. The molecule has 1 aromatic carbocycles. The molecule has 2 N–H and O–H groups in total. The molecule has 0 radical (unpaired) electrons. The predicted octanol–water partition coefficient (Wildman–Crippen LogP) is 0.614. The first-order valence-electron chi connectivity index (χ1n) is 5.58. The van der Waals surface area contributed by atoms with Gasteiger partial charge in [0.25, 0.3) is 0 Å². The molecular weight excluding hydrogens is 265 g/mol. The van der Waals surface area contributed by atoms with Gasteiger partial charge in [-0.3, -0.25) is 4.79 Å². The molecule has 7 nitrogen and oxygen atoms in total. The second kappa shape index (κ2) is 5.79.